The third-order valence-corrected chi connectivity index (χ3v) is 1.70. The summed E-state index contributed by atoms with van der Waals surface area (Å²) >= 11 is 0. The first kappa shape index (κ1) is 12.9. The first-order valence-electron chi connectivity index (χ1n) is 5.00. The van der Waals surface area contributed by atoms with Gasteiger partial charge in [0.1, 0.15) is 6.79 Å². The minimum Gasteiger partial charge on any atom is -0.355 e. The Morgan fingerprint density at radius 3 is 2.31 bits per heavy atom. The summed E-state index contributed by atoms with van der Waals surface area (Å²) in [6.07, 6.45) is 3.13. The Hall–Kier alpha value is -0.120. The third-order valence-electron chi connectivity index (χ3n) is 1.70. The SMILES string of the molecule is CCCCOCOCCC(C)(C)N. The lowest BCUT2D eigenvalue weighted by Crippen LogP contribution is -2.33. The van der Waals surface area contributed by atoms with Gasteiger partial charge in [0.25, 0.3) is 0 Å². The molecule has 0 atom stereocenters. The van der Waals surface area contributed by atoms with Gasteiger partial charge in [-0.3, -0.25) is 0 Å². The van der Waals surface area contributed by atoms with E-state index < -0.39 is 0 Å². The van der Waals surface area contributed by atoms with Crippen molar-refractivity contribution in [2.24, 2.45) is 5.73 Å². The van der Waals surface area contributed by atoms with Crippen LogP contribution in [-0.2, 0) is 9.47 Å². The van der Waals surface area contributed by atoms with Gasteiger partial charge < -0.3 is 15.2 Å². The first-order chi connectivity index (χ1) is 6.06. The van der Waals surface area contributed by atoms with Crippen LogP contribution in [-0.4, -0.2) is 25.5 Å². The second-order valence-corrected chi connectivity index (χ2v) is 4.03. The van der Waals surface area contributed by atoms with Crippen LogP contribution in [0.3, 0.4) is 0 Å². The summed E-state index contributed by atoms with van der Waals surface area (Å²) in [5.41, 5.74) is 5.64. The van der Waals surface area contributed by atoms with Gasteiger partial charge in [-0.05, 0) is 26.7 Å². The Bertz CT molecular complexity index is 110. The number of nitrogens with two attached hydrogens (primary N) is 1. The van der Waals surface area contributed by atoms with E-state index in [2.05, 4.69) is 6.92 Å². The molecule has 0 aromatic carbocycles. The van der Waals surface area contributed by atoms with Gasteiger partial charge in [0.2, 0.25) is 0 Å². The molecule has 80 valence electrons. The predicted octanol–water partition coefficient (Wildman–Crippen LogP) is 1.90. The van der Waals surface area contributed by atoms with Crippen LogP contribution in [0.4, 0.5) is 0 Å². The summed E-state index contributed by atoms with van der Waals surface area (Å²) < 4.78 is 10.5. The smallest absolute Gasteiger partial charge is 0.146 e. The van der Waals surface area contributed by atoms with Crippen molar-refractivity contribution in [1.29, 1.82) is 0 Å². The van der Waals surface area contributed by atoms with E-state index in [1.54, 1.807) is 0 Å². The van der Waals surface area contributed by atoms with Crippen LogP contribution in [0.15, 0.2) is 0 Å². The van der Waals surface area contributed by atoms with Gasteiger partial charge in [0.15, 0.2) is 0 Å². The molecule has 0 heterocycles. The summed E-state index contributed by atoms with van der Waals surface area (Å²) in [5, 5.41) is 0. The van der Waals surface area contributed by atoms with Crippen LogP contribution >= 0.6 is 0 Å². The van der Waals surface area contributed by atoms with Crippen molar-refractivity contribution in [3.63, 3.8) is 0 Å². The van der Waals surface area contributed by atoms with Crippen LogP contribution in [0.1, 0.15) is 40.0 Å². The number of hydrogen-bond donors (Lipinski definition) is 1. The van der Waals surface area contributed by atoms with Crippen molar-refractivity contribution in [1.82, 2.24) is 0 Å². The Kier molecular flexibility index (Phi) is 7.23. The van der Waals surface area contributed by atoms with Crippen LogP contribution in [0, 0.1) is 0 Å². The molecule has 0 unspecified atom stereocenters. The number of hydrogen-bond acceptors (Lipinski definition) is 3. The maximum absolute atomic E-state index is 5.78. The zero-order valence-corrected chi connectivity index (χ0v) is 9.14. The van der Waals surface area contributed by atoms with Gasteiger partial charge in [-0.1, -0.05) is 13.3 Å². The molecule has 0 amide bonds. The fraction of sp³-hybridized carbons (Fsp3) is 1.00. The minimum absolute atomic E-state index is 0.135. The molecule has 3 nitrogen and oxygen atoms in total. The third kappa shape index (κ3) is 11.9. The molecular weight excluding hydrogens is 166 g/mol. The van der Waals surface area contributed by atoms with Crippen molar-refractivity contribution < 1.29 is 9.47 Å². The van der Waals surface area contributed by atoms with E-state index in [4.69, 9.17) is 15.2 Å². The number of rotatable bonds is 8. The van der Waals surface area contributed by atoms with E-state index >= 15 is 0 Å². The topological polar surface area (TPSA) is 44.5 Å². The highest BCUT2D eigenvalue weighted by molar-refractivity contribution is 4.70. The second kappa shape index (κ2) is 7.30. The summed E-state index contributed by atoms with van der Waals surface area (Å²) in [5.74, 6) is 0. The zero-order chi connectivity index (χ0) is 10.2. The standard InChI is InChI=1S/C10H23NO2/c1-4-5-7-12-9-13-8-6-10(2,3)11/h4-9,11H2,1-3H3. The lowest BCUT2D eigenvalue weighted by Gasteiger charge is -2.17. The first-order valence-corrected chi connectivity index (χ1v) is 5.00. The van der Waals surface area contributed by atoms with Crippen molar-refractivity contribution >= 4 is 0 Å². The van der Waals surface area contributed by atoms with E-state index in [0.717, 1.165) is 25.9 Å². The Morgan fingerprint density at radius 2 is 1.77 bits per heavy atom. The summed E-state index contributed by atoms with van der Waals surface area (Å²) in [6.45, 7) is 8.00. The molecule has 0 aromatic rings. The van der Waals surface area contributed by atoms with E-state index in [-0.39, 0.29) is 5.54 Å². The molecule has 0 saturated heterocycles. The Labute approximate surface area is 81.6 Å². The summed E-state index contributed by atoms with van der Waals surface area (Å²) in [4.78, 5) is 0. The lowest BCUT2D eigenvalue weighted by atomic mass is 10.0. The highest BCUT2D eigenvalue weighted by atomic mass is 16.7. The fourth-order valence-electron chi connectivity index (χ4n) is 0.758. The van der Waals surface area contributed by atoms with E-state index in [1.807, 2.05) is 13.8 Å². The summed E-state index contributed by atoms with van der Waals surface area (Å²) in [6, 6.07) is 0. The molecule has 0 radical (unpaired) electrons. The lowest BCUT2D eigenvalue weighted by molar-refractivity contribution is -0.0576. The van der Waals surface area contributed by atoms with Gasteiger partial charge in [-0.15, -0.1) is 0 Å². The molecule has 0 aliphatic heterocycles. The molecule has 13 heavy (non-hydrogen) atoms. The largest absolute Gasteiger partial charge is 0.355 e. The van der Waals surface area contributed by atoms with E-state index in [1.165, 1.54) is 0 Å². The number of ether oxygens (including phenoxy) is 2. The molecule has 0 rings (SSSR count). The molecule has 0 fully saturated rings. The number of unbranched alkanes of at least 4 members (excludes halogenated alkanes) is 1. The van der Waals surface area contributed by atoms with Crippen molar-refractivity contribution in [2.45, 2.75) is 45.6 Å². The zero-order valence-electron chi connectivity index (χ0n) is 9.14. The van der Waals surface area contributed by atoms with Gasteiger partial charge in [-0.2, -0.15) is 0 Å². The highest BCUT2D eigenvalue weighted by Crippen LogP contribution is 2.02. The molecule has 0 bridgehead atoms. The van der Waals surface area contributed by atoms with Gasteiger partial charge in [0.05, 0.1) is 6.61 Å². The average molecular weight is 189 g/mol. The second-order valence-electron chi connectivity index (χ2n) is 4.03. The fourth-order valence-corrected chi connectivity index (χ4v) is 0.758. The maximum Gasteiger partial charge on any atom is 0.146 e. The Morgan fingerprint density at radius 1 is 1.15 bits per heavy atom. The van der Waals surface area contributed by atoms with Crippen molar-refractivity contribution in [3.8, 4) is 0 Å². The van der Waals surface area contributed by atoms with Gasteiger partial charge in [-0.25, -0.2) is 0 Å². The molecular formula is C10H23NO2. The predicted molar refractivity (Wildman–Crippen MR) is 54.6 cm³/mol. The van der Waals surface area contributed by atoms with Crippen LogP contribution in [0.5, 0.6) is 0 Å². The van der Waals surface area contributed by atoms with E-state index in [9.17, 15) is 0 Å². The van der Waals surface area contributed by atoms with Gasteiger partial charge in [0, 0.05) is 12.1 Å². The molecule has 0 aromatic heterocycles. The highest BCUT2D eigenvalue weighted by Gasteiger charge is 2.09. The molecule has 0 aliphatic carbocycles. The van der Waals surface area contributed by atoms with Crippen molar-refractivity contribution in [2.75, 3.05) is 20.0 Å². The monoisotopic (exact) mass is 189 g/mol. The molecule has 0 spiro atoms. The minimum atomic E-state index is -0.135. The van der Waals surface area contributed by atoms with Gasteiger partial charge >= 0.3 is 0 Å². The molecule has 0 saturated carbocycles. The quantitative estimate of drug-likeness (QED) is 0.468. The normalized spacial score (nSPS) is 12.0. The maximum atomic E-state index is 5.78. The average Bonchev–Trinajstić information content (AvgIpc) is 2.01. The van der Waals surface area contributed by atoms with Crippen LogP contribution in [0.25, 0.3) is 0 Å². The molecule has 0 aliphatic rings. The van der Waals surface area contributed by atoms with Crippen molar-refractivity contribution in [3.05, 3.63) is 0 Å². The Balaban J connectivity index is 3.00. The van der Waals surface area contributed by atoms with E-state index in [0.29, 0.717) is 13.4 Å². The molecule has 2 N–H and O–H groups in total. The molecule has 3 heteroatoms. The summed E-state index contributed by atoms with van der Waals surface area (Å²) in [7, 11) is 0. The van der Waals surface area contributed by atoms with Crippen LogP contribution in [0.2, 0.25) is 0 Å². The van der Waals surface area contributed by atoms with Crippen LogP contribution < -0.4 is 5.73 Å².